The lowest BCUT2D eigenvalue weighted by Crippen LogP contribution is -2.33. The summed E-state index contributed by atoms with van der Waals surface area (Å²) in [4.78, 5) is 6.93. The number of methoxy groups -OCH3 is 1. The second-order valence-electron chi connectivity index (χ2n) is 18.1. The van der Waals surface area contributed by atoms with Crippen LogP contribution in [-0.2, 0) is 44.7 Å². The maximum atomic E-state index is 13.0. The highest BCUT2D eigenvalue weighted by molar-refractivity contribution is 5.72. The van der Waals surface area contributed by atoms with Gasteiger partial charge in [0.25, 0.3) is 0 Å². The van der Waals surface area contributed by atoms with Gasteiger partial charge in [0.2, 0.25) is 0 Å². The van der Waals surface area contributed by atoms with E-state index >= 15 is 0 Å². The van der Waals surface area contributed by atoms with E-state index in [1.165, 1.54) is 87.9 Å². The standard InChI is InChI=1S/C19H20F3N.C19H23NO.C18H21N/c1-23(2)16-9-10-18-14(12-16)6-4-8-17(18)13-5-3-7-15(11-13)19(20,21)22;1-20(2)16-10-11-19-14(12-16)7-5-9-18(19)15-6-4-8-17(13-15)21-3;1-19(2)16-11-12-18-15(13-16)9-6-10-17(18)14-7-4-3-5-8-14/h3-8,11,16H,9-10,12H2,1-2H3;4-9,13,16H,10-12H2,1-3H3;3-10,16H,11-13H2,1-2H3. The first kappa shape index (κ1) is 45.8. The maximum Gasteiger partial charge on any atom is 0.416 e. The van der Waals surface area contributed by atoms with Crippen LogP contribution in [0.5, 0.6) is 5.75 Å². The predicted octanol–water partition coefficient (Wildman–Crippen LogP) is 12.3. The lowest BCUT2D eigenvalue weighted by atomic mass is 9.83. The highest BCUT2D eigenvalue weighted by atomic mass is 19.4. The Morgan fingerprint density at radius 1 is 0.444 bits per heavy atom. The molecule has 3 aliphatic carbocycles. The average Bonchev–Trinajstić information content (AvgIpc) is 3.30. The molecule has 3 atom stereocenters. The van der Waals surface area contributed by atoms with Gasteiger partial charge in [0.05, 0.1) is 12.7 Å². The molecule has 0 saturated heterocycles. The van der Waals surface area contributed by atoms with Crippen molar-refractivity contribution in [2.75, 3.05) is 49.4 Å². The number of nitrogens with zero attached hydrogens (tertiary/aromatic N) is 3. The fourth-order valence-electron chi connectivity index (χ4n) is 9.77. The molecule has 0 fully saturated rings. The van der Waals surface area contributed by atoms with Gasteiger partial charge in [-0.3, -0.25) is 0 Å². The molecule has 63 heavy (non-hydrogen) atoms. The van der Waals surface area contributed by atoms with Gasteiger partial charge >= 0.3 is 6.18 Å². The van der Waals surface area contributed by atoms with Crippen molar-refractivity contribution in [2.24, 2.45) is 0 Å². The van der Waals surface area contributed by atoms with E-state index in [2.05, 4.69) is 148 Å². The van der Waals surface area contributed by atoms with Crippen molar-refractivity contribution in [3.05, 3.63) is 172 Å². The Morgan fingerprint density at radius 2 is 0.825 bits per heavy atom. The van der Waals surface area contributed by atoms with Crippen molar-refractivity contribution in [1.82, 2.24) is 14.7 Å². The zero-order chi connectivity index (χ0) is 44.7. The Labute approximate surface area is 374 Å². The van der Waals surface area contributed by atoms with Gasteiger partial charge in [-0.05, 0) is 191 Å². The molecule has 0 radical (unpaired) electrons. The fourth-order valence-corrected chi connectivity index (χ4v) is 9.77. The SMILES string of the molecule is CN(C)C1CCc2c(cccc2-c2cccc(C(F)(F)F)c2)C1.CN(C)C1CCc2c(cccc2-c2ccccc2)C1.COc1cccc(-c2cccc3c2CCC(N(C)C)C3)c1. The van der Waals surface area contributed by atoms with Crippen LogP contribution in [0, 0.1) is 0 Å². The average molecular weight is 852 g/mol. The molecular weight excluding hydrogens is 788 g/mol. The van der Waals surface area contributed by atoms with E-state index in [4.69, 9.17) is 4.74 Å². The number of halogens is 3. The van der Waals surface area contributed by atoms with Crippen molar-refractivity contribution in [3.63, 3.8) is 0 Å². The third kappa shape index (κ3) is 11.1. The molecule has 330 valence electrons. The minimum Gasteiger partial charge on any atom is -0.497 e. The summed E-state index contributed by atoms with van der Waals surface area (Å²) in [5.41, 5.74) is 15.0. The molecule has 0 N–H and O–H groups in total. The summed E-state index contributed by atoms with van der Waals surface area (Å²) in [6, 6.07) is 46.1. The molecule has 0 spiro atoms. The largest absolute Gasteiger partial charge is 0.497 e. The minimum absolute atomic E-state index is 0.499. The summed E-state index contributed by atoms with van der Waals surface area (Å²) in [5.74, 6) is 0.923. The van der Waals surface area contributed by atoms with Crippen molar-refractivity contribution < 1.29 is 17.9 Å². The molecular formula is C56H64F3N3O. The van der Waals surface area contributed by atoms with Crippen molar-refractivity contribution >= 4 is 0 Å². The molecule has 4 nitrogen and oxygen atoms in total. The molecule has 3 aliphatic rings. The molecule has 0 heterocycles. The smallest absolute Gasteiger partial charge is 0.416 e. The Hall–Kier alpha value is -5.21. The molecule has 0 amide bonds. The van der Waals surface area contributed by atoms with Gasteiger partial charge in [-0.25, -0.2) is 0 Å². The van der Waals surface area contributed by atoms with Crippen LogP contribution >= 0.6 is 0 Å². The maximum absolute atomic E-state index is 13.0. The highest BCUT2D eigenvalue weighted by Crippen LogP contribution is 2.38. The monoisotopic (exact) mass is 852 g/mol. The van der Waals surface area contributed by atoms with Gasteiger partial charge in [0, 0.05) is 18.1 Å². The lowest BCUT2D eigenvalue weighted by Gasteiger charge is -2.31. The van der Waals surface area contributed by atoms with Crippen LogP contribution in [-0.4, -0.2) is 82.2 Å². The number of hydrogen-bond acceptors (Lipinski definition) is 4. The highest BCUT2D eigenvalue weighted by Gasteiger charge is 2.31. The Balaban J connectivity index is 0.000000142. The summed E-state index contributed by atoms with van der Waals surface area (Å²) >= 11 is 0. The van der Waals surface area contributed by atoms with Crippen LogP contribution in [0.25, 0.3) is 33.4 Å². The van der Waals surface area contributed by atoms with Gasteiger partial charge in [-0.15, -0.1) is 0 Å². The van der Waals surface area contributed by atoms with Crippen LogP contribution in [0.4, 0.5) is 13.2 Å². The van der Waals surface area contributed by atoms with Gasteiger partial charge in [-0.2, -0.15) is 13.2 Å². The summed E-state index contributed by atoms with van der Waals surface area (Å²) in [6.07, 6.45) is 5.79. The minimum atomic E-state index is -4.30. The fraction of sp³-hybridized carbons (Fsp3) is 0.357. The second-order valence-corrected chi connectivity index (χ2v) is 18.1. The van der Waals surface area contributed by atoms with E-state index in [0.717, 1.165) is 49.5 Å². The summed E-state index contributed by atoms with van der Waals surface area (Å²) < 4.78 is 44.2. The first-order valence-electron chi connectivity index (χ1n) is 22.5. The molecule has 6 aromatic rings. The Bertz CT molecular complexity index is 2440. The van der Waals surface area contributed by atoms with E-state index in [9.17, 15) is 13.2 Å². The van der Waals surface area contributed by atoms with Gasteiger partial charge in [0.1, 0.15) is 5.75 Å². The molecule has 0 bridgehead atoms. The molecule has 3 unspecified atom stereocenters. The molecule has 9 rings (SSSR count). The summed E-state index contributed by atoms with van der Waals surface area (Å²) in [5, 5.41) is 0. The Morgan fingerprint density at radius 3 is 1.24 bits per heavy atom. The molecule has 6 aromatic carbocycles. The van der Waals surface area contributed by atoms with Crippen molar-refractivity contribution in [2.45, 2.75) is 82.1 Å². The number of hydrogen-bond donors (Lipinski definition) is 0. The number of benzene rings is 6. The van der Waals surface area contributed by atoms with Crippen LogP contribution in [0.15, 0.2) is 133 Å². The first-order valence-corrected chi connectivity index (χ1v) is 22.5. The number of likely N-dealkylation sites (N-methyl/N-ethyl adjacent to an activating group) is 3. The van der Waals surface area contributed by atoms with E-state index in [1.807, 2.05) is 18.2 Å². The van der Waals surface area contributed by atoms with Gasteiger partial charge in [-0.1, -0.05) is 109 Å². The van der Waals surface area contributed by atoms with E-state index in [0.29, 0.717) is 23.7 Å². The summed E-state index contributed by atoms with van der Waals surface area (Å²) in [6.45, 7) is 0. The number of alkyl halides is 3. The van der Waals surface area contributed by atoms with Crippen molar-refractivity contribution in [3.8, 4) is 39.1 Å². The van der Waals surface area contributed by atoms with Crippen LogP contribution in [0.2, 0.25) is 0 Å². The third-order valence-electron chi connectivity index (χ3n) is 13.5. The first-order chi connectivity index (χ1) is 30.3. The topological polar surface area (TPSA) is 19.0 Å². The number of ether oxygens (including phenoxy) is 1. The van der Waals surface area contributed by atoms with Gasteiger partial charge < -0.3 is 19.4 Å². The van der Waals surface area contributed by atoms with E-state index in [1.54, 1.807) is 18.7 Å². The normalized spacial score (nSPS) is 18.0. The lowest BCUT2D eigenvalue weighted by molar-refractivity contribution is -0.137. The summed E-state index contributed by atoms with van der Waals surface area (Å²) in [7, 11) is 14.6. The molecule has 0 aliphatic heterocycles. The van der Waals surface area contributed by atoms with E-state index < -0.39 is 11.7 Å². The number of rotatable bonds is 7. The quantitative estimate of drug-likeness (QED) is 0.159. The molecule has 0 aromatic heterocycles. The molecule has 7 heteroatoms. The molecule has 0 saturated carbocycles. The van der Waals surface area contributed by atoms with Crippen LogP contribution in [0.1, 0.15) is 58.2 Å². The Kier molecular flexibility index (Phi) is 14.9. The predicted molar refractivity (Wildman–Crippen MR) is 256 cm³/mol. The number of fused-ring (bicyclic) bond motifs is 3. The third-order valence-corrected chi connectivity index (χ3v) is 13.5. The zero-order valence-electron chi connectivity index (χ0n) is 38.2. The van der Waals surface area contributed by atoms with E-state index in [-0.39, 0.29) is 0 Å². The van der Waals surface area contributed by atoms with Crippen molar-refractivity contribution in [1.29, 1.82) is 0 Å². The second kappa shape index (κ2) is 20.5. The zero-order valence-corrected chi connectivity index (χ0v) is 38.2. The van der Waals surface area contributed by atoms with Gasteiger partial charge in [0.15, 0.2) is 0 Å². The van der Waals surface area contributed by atoms with Crippen LogP contribution in [0.3, 0.4) is 0 Å². The van der Waals surface area contributed by atoms with Crippen LogP contribution < -0.4 is 4.74 Å².